The molecule has 2 aromatic rings. The molecule has 0 aromatic heterocycles. The van der Waals surface area contributed by atoms with Gasteiger partial charge in [0.1, 0.15) is 5.76 Å². The Labute approximate surface area is 149 Å². The summed E-state index contributed by atoms with van der Waals surface area (Å²) in [5.74, 6) is -1.66. The molecule has 128 valence electrons. The fourth-order valence-electron chi connectivity index (χ4n) is 2.88. The molecule has 0 bridgehead atoms. The Balaban J connectivity index is 2.25. The Bertz CT molecular complexity index is 1030. The molecule has 1 aliphatic rings. The van der Waals surface area contributed by atoms with Crippen molar-refractivity contribution in [3.63, 3.8) is 0 Å². The van der Waals surface area contributed by atoms with E-state index in [0.29, 0.717) is 27.9 Å². The monoisotopic (exact) mass is 346 g/mol. The molecule has 3 rings (SSSR count). The highest BCUT2D eigenvalue weighted by Gasteiger charge is 2.38. The third kappa shape index (κ3) is 2.66. The van der Waals surface area contributed by atoms with Crippen molar-refractivity contribution in [1.29, 1.82) is 5.26 Å². The van der Waals surface area contributed by atoms with Crippen LogP contribution >= 0.6 is 0 Å². The normalized spacial score (nSPS) is 14.7. The maximum Gasteiger partial charge on any atom is 0.269 e. The average Bonchev–Trinajstić information content (AvgIpc) is 2.92. The smallest absolute Gasteiger partial charge is 0.269 e. The van der Waals surface area contributed by atoms with Gasteiger partial charge in [0.2, 0.25) is 5.91 Å². The van der Waals surface area contributed by atoms with Gasteiger partial charge in [-0.1, -0.05) is 0 Å². The Morgan fingerprint density at radius 3 is 2.19 bits per heavy atom. The molecule has 0 unspecified atom stereocenters. The third-order valence-electron chi connectivity index (χ3n) is 4.17. The van der Waals surface area contributed by atoms with Gasteiger partial charge in [0.25, 0.3) is 5.91 Å². The molecule has 2 amide bonds. The van der Waals surface area contributed by atoms with E-state index < -0.39 is 11.8 Å². The lowest BCUT2D eigenvalue weighted by Gasteiger charge is -2.12. The predicted molar refractivity (Wildman–Crippen MR) is 95.2 cm³/mol. The van der Waals surface area contributed by atoms with Crippen molar-refractivity contribution in [2.75, 3.05) is 4.90 Å². The number of anilines is 1. The summed E-state index contributed by atoms with van der Waals surface area (Å²) in [4.78, 5) is 37.3. The molecule has 1 N–H and O–H groups in total. The van der Waals surface area contributed by atoms with Crippen molar-refractivity contribution >= 4 is 34.6 Å². The Morgan fingerprint density at radius 2 is 1.65 bits per heavy atom. The zero-order valence-corrected chi connectivity index (χ0v) is 14.1. The second kappa shape index (κ2) is 6.30. The summed E-state index contributed by atoms with van der Waals surface area (Å²) in [6, 6.07) is 12.6. The van der Waals surface area contributed by atoms with Crippen LogP contribution in [0.1, 0.15) is 40.9 Å². The number of aliphatic hydroxyl groups is 1. The SMILES string of the molecule is CC(=O)c1ccc2c(c1)C(=C(O)c1ccc(C#N)cc1)C(=O)N2C(C)=O. The Kier molecular flexibility index (Phi) is 4.15. The number of fused-ring (bicyclic) bond motifs is 1. The Hall–Kier alpha value is -3.72. The van der Waals surface area contributed by atoms with Gasteiger partial charge < -0.3 is 5.11 Å². The van der Waals surface area contributed by atoms with E-state index in [4.69, 9.17) is 5.26 Å². The predicted octanol–water partition coefficient (Wildman–Crippen LogP) is 3.08. The number of Topliss-reactive ketones (excluding diaryl/α,β-unsaturated/α-hetero) is 1. The van der Waals surface area contributed by atoms with E-state index in [-0.39, 0.29) is 17.1 Å². The maximum atomic E-state index is 12.8. The van der Waals surface area contributed by atoms with Crippen LogP contribution in [-0.2, 0) is 9.59 Å². The first-order valence-electron chi connectivity index (χ1n) is 7.79. The van der Waals surface area contributed by atoms with Crippen molar-refractivity contribution in [2.45, 2.75) is 13.8 Å². The summed E-state index contributed by atoms with van der Waals surface area (Å²) in [6.07, 6.45) is 0. The molecular weight excluding hydrogens is 332 g/mol. The summed E-state index contributed by atoms with van der Waals surface area (Å²) in [6.45, 7) is 2.65. The summed E-state index contributed by atoms with van der Waals surface area (Å²) < 4.78 is 0. The van der Waals surface area contributed by atoms with E-state index in [2.05, 4.69) is 0 Å². The van der Waals surface area contributed by atoms with Gasteiger partial charge in [-0.3, -0.25) is 14.4 Å². The molecule has 0 radical (unpaired) electrons. The second-order valence-corrected chi connectivity index (χ2v) is 5.86. The lowest BCUT2D eigenvalue weighted by atomic mass is 9.99. The van der Waals surface area contributed by atoms with Gasteiger partial charge in [0.05, 0.1) is 22.9 Å². The van der Waals surface area contributed by atoms with Gasteiger partial charge >= 0.3 is 0 Å². The van der Waals surface area contributed by atoms with Crippen molar-refractivity contribution in [2.24, 2.45) is 0 Å². The fraction of sp³-hybridized carbons (Fsp3) is 0.100. The molecule has 0 saturated heterocycles. The number of imide groups is 1. The topological polar surface area (TPSA) is 98.5 Å². The molecule has 0 saturated carbocycles. The molecule has 0 atom stereocenters. The minimum Gasteiger partial charge on any atom is -0.506 e. The minimum absolute atomic E-state index is 0.0528. The van der Waals surface area contributed by atoms with Crippen LogP contribution in [0.5, 0.6) is 0 Å². The highest BCUT2D eigenvalue weighted by molar-refractivity contribution is 6.42. The van der Waals surface area contributed by atoms with Crippen molar-refractivity contribution < 1.29 is 19.5 Å². The second-order valence-electron chi connectivity index (χ2n) is 5.86. The van der Waals surface area contributed by atoms with Crippen LogP contribution in [0.4, 0.5) is 5.69 Å². The lowest BCUT2D eigenvalue weighted by molar-refractivity contribution is -0.122. The van der Waals surface area contributed by atoms with Crippen molar-refractivity contribution in [3.8, 4) is 6.07 Å². The number of aliphatic hydroxyl groups excluding tert-OH is 1. The molecule has 2 aromatic carbocycles. The number of hydrogen-bond donors (Lipinski definition) is 1. The largest absolute Gasteiger partial charge is 0.506 e. The number of carbonyl (C=O) groups is 3. The summed E-state index contributed by atoms with van der Waals surface area (Å²) in [5, 5.41) is 19.6. The highest BCUT2D eigenvalue weighted by Crippen LogP contribution is 2.40. The number of carbonyl (C=O) groups excluding carboxylic acids is 3. The lowest BCUT2D eigenvalue weighted by Crippen LogP contribution is -2.31. The quantitative estimate of drug-likeness (QED) is 0.512. The molecule has 6 heteroatoms. The molecule has 26 heavy (non-hydrogen) atoms. The number of amides is 2. The van der Waals surface area contributed by atoms with E-state index in [0.717, 1.165) is 4.90 Å². The first kappa shape index (κ1) is 17.1. The summed E-state index contributed by atoms with van der Waals surface area (Å²) in [7, 11) is 0. The fourth-order valence-corrected chi connectivity index (χ4v) is 2.88. The van der Waals surface area contributed by atoms with Gasteiger partial charge in [0.15, 0.2) is 5.78 Å². The first-order chi connectivity index (χ1) is 12.3. The Morgan fingerprint density at radius 1 is 1.04 bits per heavy atom. The van der Waals surface area contributed by atoms with E-state index >= 15 is 0 Å². The van der Waals surface area contributed by atoms with Crippen LogP contribution in [-0.4, -0.2) is 22.7 Å². The first-order valence-corrected chi connectivity index (χ1v) is 7.79. The van der Waals surface area contributed by atoms with Gasteiger partial charge in [-0.05, 0) is 49.4 Å². The van der Waals surface area contributed by atoms with Gasteiger partial charge in [-0.2, -0.15) is 5.26 Å². The third-order valence-corrected chi connectivity index (χ3v) is 4.17. The number of hydrogen-bond acceptors (Lipinski definition) is 5. The number of rotatable bonds is 2. The minimum atomic E-state index is -0.657. The molecule has 0 fully saturated rings. The highest BCUT2D eigenvalue weighted by atomic mass is 16.3. The number of nitriles is 1. The molecule has 1 heterocycles. The van der Waals surface area contributed by atoms with Crippen LogP contribution in [0.3, 0.4) is 0 Å². The van der Waals surface area contributed by atoms with Crippen molar-refractivity contribution in [3.05, 3.63) is 64.7 Å². The molecular formula is C20H14N2O4. The van der Waals surface area contributed by atoms with Crippen LogP contribution in [0.2, 0.25) is 0 Å². The van der Waals surface area contributed by atoms with E-state index in [1.54, 1.807) is 0 Å². The number of benzene rings is 2. The maximum absolute atomic E-state index is 12.8. The van der Waals surface area contributed by atoms with Crippen LogP contribution in [0.15, 0.2) is 42.5 Å². The van der Waals surface area contributed by atoms with Crippen LogP contribution in [0, 0.1) is 11.3 Å². The van der Waals surface area contributed by atoms with Crippen LogP contribution < -0.4 is 4.90 Å². The molecule has 1 aliphatic heterocycles. The van der Waals surface area contributed by atoms with Gasteiger partial charge in [-0.25, -0.2) is 4.90 Å². The molecule has 6 nitrogen and oxygen atoms in total. The zero-order chi connectivity index (χ0) is 19.0. The van der Waals surface area contributed by atoms with Gasteiger partial charge in [0, 0.05) is 23.6 Å². The summed E-state index contributed by atoms with van der Waals surface area (Å²) >= 11 is 0. The average molecular weight is 346 g/mol. The van der Waals surface area contributed by atoms with E-state index in [9.17, 15) is 19.5 Å². The van der Waals surface area contributed by atoms with E-state index in [1.807, 2.05) is 6.07 Å². The molecule has 0 aliphatic carbocycles. The molecule has 0 spiro atoms. The number of nitrogens with zero attached hydrogens (tertiary/aromatic N) is 2. The van der Waals surface area contributed by atoms with Crippen molar-refractivity contribution in [1.82, 2.24) is 0 Å². The van der Waals surface area contributed by atoms with Crippen LogP contribution in [0.25, 0.3) is 11.3 Å². The van der Waals surface area contributed by atoms with Gasteiger partial charge in [-0.15, -0.1) is 0 Å². The standard InChI is InChI=1S/C20H14N2O4/c1-11(23)15-7-8-17-16(9-15)18(20(26)22(17)12(2)24)19(25)14-5-3-13(10-21)4-6-14/h3-9,25H,1-2H3. The number of ketones is 1. The summed E-state index contributed by atoms with van der Waals surface area (Å²) in [5.41, 5.74) is 1.70. The van der Waals surface area contributed by atoms with E-state index in [1.165, 1.54) is 56.3 Å². The zero-order valence-electron chi connectivity index (χ0n) is 14.1.